The maximum atomic E-state index is 12.5. The molecule has 2 heterocycles. The second kappa shape index (κ2) is 7.79. The number of carbonyl (C=O) groups excluding carboxylic acids is 1. The molecule has 0 aliphatic rings. The highest BCUT2D eigenvalue weighted by Gasteiger charge is 2.13. The number of H-pyrrole nitrogens is 1. The number of methoxy groups -OCH3 is 1. The number of ketones is 1. The summed E-state index contributed by atoms with van der Waals surface area (Å²) in [5, 5.41) is 16.2. The van der Waals surface area contributed by atoms with Gasteiger partial charge in [-0.15, -0.1) is 0 Å². The summed E-state index contributed by atoms with van der Waals surface area (Å²) < 4.78 is 7.21. The number of nitrogens with one attached hydrogen (secondary N) is 1. The number of allylic oxidation sites excluding steroid dienone is 1. The fraction of sp³-hybridized carbons (Fsp3) is 0.211. The summed E-state index contributed by atoms with van der Waals surface area (Å²) in [5.41, 5.74) is 3.66. The molecule has 1 aromatic carbocycles. The third-order valence-corrected chi connectivity index (χ3v) is 3.95. The number of rotatable bonds is 7. The lowest BCUT2D eigenvalue weighted by Crippen LogP contribution is -2.04. The van der Waals surface area contributed by atoms with Crippen molar-refractivity contribution in [2.45, 2.75) is 20.1 Å². The number of nitrogens with zero attached hydrogens (tertiary/aromatic N) is 3. The molecule has 0 spiro atoms. The largest absolute Gasteiger partial charge is 0.504 e. The van der Waals surface area contributed by atoms with Gasteiger partial charge in [0.05, 0.1) is 6.61 Å². The molecule has 0 atom stereocenters. The predicted octanol–water partition coefficient (Wildman–Crippen LogP) is 2.89. The lowest BCUT2D eigenvalue weighted by molar-refractivity contribution is 0.104. The van der Waals surface area contributed by atoms with Gasteiger partial charge in [0.2, 0.25) is 5.82 Å². The number of aliphatic hydroxyl groups is 1. The molecule has 0 radical (unpaired) electrons. The van der Waals surface area contributed by atoms with Crippen LogP contribution in [0.25, 0.3) is 5.76 Å². The van der Waals surface area contributed by atoms with E-state index in [1.165, 1.54) is 11.9 Å². The molecule has 7 heteroatoms. The lowest BCUT2D eigenvalue weighted by atomic mass is 10.1. The minimum Gasteiger partial charge on any atom is -0.504 e. The number of hydrogen-bond acceptors (Lipinski definition) is 5. The van der Waals surface area contributed by atoms with E-state index >= 15 is 0 Å². The number of aliphatic hydroxyl groups excluding tert-OH is 1. The van der Waals surface area contributed by atoms with Crippen LogP contribution in [0, 0.1) is 6.92 Å². The first-order valence-electron chi connectivity index (χ1n) is 8.11. The number of benzene rings is 1. The highest BCUT2D eigenvalue weighted by molar-refractivity contribution is 6.07. The molecule has 2 aromatic heterocycles. The third-order valence-electron chi connectivity index (χ3n) is 3.95. The van der Waals surface area contributed by atoms with Gasteiger partial charge in [-0.3, -0.25) is 9.89 Å². The lowest BCUT2D eigenvalue weighted by Gasteiger charge is -2.08. The van der Waals surface area contributed by atoms with E-state index in [0.29, 0.717) is 18.7 Å². The van der Waals surface area contributed by atoms with E-state index in [0.717, 1.165) is 17.3 Å². The zero-order valence-corrected chi connectivity index (χ0v) is 14.6. The topological polar surface area (TPSA) is 93.0 Å². The van der Waals surface area contributed by atoms with Crippen LogP contribution in [-0.2, 0) is 17.9 Å². The Balaban J connectivity index is 1.85. The SMILES string of the molecule is COCc1cc(C(=O)C=C(O)c2nc[nH]n2)cn1Cc1ccc(C)cc1. The maximum Gasteiger partial charge on any atom is 0.215 e. The molecule has 0 unspecified atom stereocenters. The van der Waals surface area contributed by atoms with E-state index in [9.17, 15) is 9.90 Å². The molecule has 0 saturated carbocycles. The zero-order valence-electron chi connectivity index (χ0n) is 14.6. The summed E-state index contributed by atoms with van der Waals surface area (Å²) in [6, 6.07) is 9.99. The van der Waals surface area contributed by atoms with Crippen molar-refractivity contribution < 1.29 is 14.6 Å². The molecule has 0 bridgehead atoms. The van der Waals surface area contributed by atoms with Crippen molar-refractivity contribution >= 4 is 11.5 Å². The molecule has 26 heavy (non-hydrogen) atoms. The van der Waals surface area contributed by atoms with E-state index in [1.54, 1.807) is 19.4 Å². The molecule has 0 saturated heterocycles. The van der Waals surface area contributed by atoms with Gasteiger partial charge in [0.25, 0.3) is 0 Å². The van der Waals surface area contributed by atoms with Crippen molar-refractivity contribution in [2.24, 2.45) is 0 Å². The molecule has 0 aliphatic carbocycles. The summed E-state index contributed by atoms with van der Waals surface area (Å²) in [6.07, 6.45) is 4.21. The van der Waals surface area contributed by atoms with Crippen molar-refractivity contribution in [3.05, 3.63) is 77.1 Å². The van der Waals surface area contributed by atoms with Crippen molar-refractivity contribution in [3.63, 3.8) is 0 Å². The molecule has 3 rings (SSSR count). The van der Waals surface area contributed by atoms with E-state index in [4.69, 9.17) is 4.74 Å². The normalized spacial score (nSPS) is 11.7. The number of aromatic nitrogens is 4. The number of carbonyl (C=O) groups is 1. The first kappa shape index (κ1) is 17.6. The highest BCUT2D eigenvalue weighted by atomic mass is 16.5. The monoisotopic (exact) mass is 352 g/mol. The van der Waals surface area contributed by atoms with Gasteiger partial charge in [-0.1, -0.05) is 29.8 Å². The summed E-state index contributed by atoms with van der Waals surface area (Å²) in [5.74, 6) is -0.530. The van der Waals surface area contributed by atoms with Gasteiger partial charge in [-0.2, -0.15) is 5.10 Å². The summed E-state index contributed by atoms with van der Waals surface area (Å²) in [6.45, 7) is 3.05. The second-order valence-electron chi connectivity index (χ2n) is 5.98. The van der Waals surface area contributed by atoms with E-state index in [2.05, 4.69) is 39.4 Å². The van der Waals surface area contributed by atoms with Crippen LogP contribution < -0.4 is 0 Å². The average molecular weight is 352 g/mol. The quantitative estimate of drug-likeness (QED) is 0.387. The van der Waals surface area contributed by atoms with Crippen molar-refractivity contribution in [3.8, 4) is 0 Å². The Kier molecular flexibility index (Phi) is 5.28. The van der Waals surface area contributed by atoms with E-state index in [-0.39, 0.29) is 17.4 Å². The first-order chi connectivity index (χ1) is 12.6. The number of hydrogen-bond donors (Lipinski definition) is 2. The van der Waals surface area contributed by atoms with Gasteiger partial charge in [-0.25, -0.2) is 4.98 Å². The molecular weight excluding hydrogens is 332 g/mol. The third kappa shape index (κ3) is 4.07. The van der Waals surface area contributed by atoms with Gasteiger partial charge < -0.3 is 14.4 Å². The number of ether oxygens (including phenoxy) is 1. The maximum absolute atomic E-state index is 12.5. The highest BCUT2D eigenvalue weighted by Crippen LogP contribution is 2.16. The Labute approximate surface area is 151 Å². The smallest absolute Gasteiger partial charge is 0.215 e. The molecule has 134 valence electrons. The molecule has 7 nitrogen and oxygen atoms in total. The number of aryl methyl sites for hydroxylation is 1. The average Bonchev–Trinajstić information content (AvgIpc) is 3.28. The molecular formula is C19H20N4O3. The Bertz CT molecular complexity index is 909. The fourth-order valence-corrected chi connectivity index (χ4v) is 2.60. The molecule has 0 amide bonds. The standard InChI is InChI=1S/C19H20N4O3/c1-13-3-5-14(6-4-13)9-23-10-15(7-16(23)11-26-2)17(24)8-18(25)19-20-12-21-22-19/h3-8,10,12,25H,9,11H2,1-2H3,(H,20,21,22). The van der Waals surface area contributed by atoms with Crippen LogP contribution in [0.4, 0.5) is 0 Å². The Hall–Kier alpha value is -3.19. The van der Waals surface area contributed by atoms with Crippen LogP contribution >= 0.6 is 0 Å². The summed E-state index contributed by atoms with van der Waals surface area (Å²) >= 11 is 0. The zero-order chi connectivity index (χ0) is 18.5. The minimum atomic E-state index is -0.327. The van der Waals surface area contributed by atoms with Gasteiger partial charge in [-0.05, 0) is 18.6 Å². The van der Waals surface area contributed by atoms with Crippen molar-refractivity contribution in [1.29, 1.82) is 0 Å². The van der Waals surface area contributed by atoms with Gasteiger partial charge in [0.15, 0.2) is 11.5 Å². The molecule has 0 fully saturated rings. The van der Waals surface area contributed by atoms with E-state index in [1.807, 2.05) is 11.5 Å². The number of aromatic amines is 1. The van der Waals surface area contributed by atoms with E-state index < -0.39 is 0 Å². The molecule has 2 N–H and O–H groups in total. The molecule has 3 aromatic rings. The van der Waals surface area contributed by atoms with Crippen LogP contribution in [0.15, 0.2) is 48.9 Å². The minimum absolute atomic E-state index is 0.0783. The van der Waals surface area contributed by atoms with Crippen molar-refractivity contribution in [2.75, 3.05) is 7.11 Å². The molecule has 0 aliphatic heterocycles. The van der Waals surface area contributed by atoms with Crippen LogP contribution in [0.2, 0.25) is 0 Å². The predicted molar refractivity (Wildman–Crippen MR) is 96.7 cm³/mol. The summed E-state index contributed by atoms with van der Waals surface area (Å²) in [4.78, 5) is 16.3. The van der Waals surface area contributed by atoms with Crippen LogP contribution in [-0.4, -0.2) is 37.7 Å². The van der Waals surface area contributed by atoms with Crippen molar-refractivity contribution in [1.82, 2.24) is 19.7 Å². The first-order valence-corrected chi connectivity index (χ1v) is 8.11. The van der Waals surface area contributed by atoms with Gasteiger partial charge >= 0.3 is 0 Å². The second-order valence-corrected chi connectivity index (χ2v) is 5.98. The van der Waals surface area contributed by atoms with Crippen LogP contribution in [0.5, 0.6) is 0 Å². The van der Waals surface area contributed by atoms with Gasteiger partial charge in [0, 0.05) is 37.2 Å². The van der Waals surface area contributed by atoms with Crippen LogP contribution in [0.3, 0.4) is 0 Å². The van der Waals surface area contributed by atoms with Crippen LogP contribution in [0.1, 0.15) is 33.0 Å². The van der Waals surface area contributed by atoms with Gasteiger partial charge in [0.1, 0.15) is 6.33 Å². The fourth-order valence-electron chi connectivity index (χ4n) is 2.60. The Morgan fingerprint density at radius 3 is 2.77 bits per heavy atom. The summed E-state index contributed by atoms with van der Waals surface area (Å²) in [7, 11) is 1.61. The Morgan fingerprint density at radius 1 is 1.35 bits per heavy atom. The Morgan fingerprint density at radius 2 is 2.12 bits per heavy atom.